The monoisotopic (exact) mass is 219 g/mol. The molecule has 1 aliphatic heterocycles. The molecule has 0 aromatic heterocycles. The zero-order chi connectivity index (χ0) is 11.4. The lowest BCUT2D eigenvalue weighted by Crippen LogP contribution is -2.39. The Kier molecular flexibility index (Phi) is 3.49. The molecule has 1 atom stereocenters. The summed E-state index contributed by atoms with van der Waals surface area (Å²) in [4.78, 5) is 0. The molecule has 16 heavy (non-hydrogen) atoms. The number of benzene rings is 1. The van der Waals surface area contributed by atoms with Gasteiger partial charge in [0.05, 0.1) is 6.61 Å². The predicted molar refractivity (Wildman–Crippen MR) is 66.8 cm³/mol. The Morgan fingerprint density at radius 3 is 2.94 bits per heavy atom. The summed E-state index contributed by atoms with van der Waals surface area (Å²) in [5, 5.41) is 0. The minimum Gasteiger partial charge on any atom is -0.493 e. The van der Waals surface area contributed by atoms with Crippen molar-refractivity contribution in [1.82, 2.24) is 0 Å². The summed E-state index contributed by atoms with van der Waals surface area (Å²) >= 11 is 0. The molecule has 1 aromatic rings. The highest BCUT2D eigenvalue weighted by atomic mass is 16.5. The van der Waals surface area contributed by atoms with E-state index in [0.29, 0.717) is 0 Å². The van der Waals surface area contributed by atoms with Crippen molar-refractivity contribution in [2.45, 2.75) is 38.0 Å². The number of ether oxygens (including phenoxy) is 1. The molecule has 1 aliphatic rings. The van der Waals surface area contributed by atoms with Crippen molar-refractivity contribution in [1.29, 1.82) is 0 Å². The Labute approximate surface area is 97.8 Å². The Hall–Kier alpha value is -1.02. The fourth-order valence-electron chi connectivity index (χ4n) is 2.61. The van der Waals surface area contributed by atoms with E-state index in [4.69, 9.17) is 10.5 Å². The molecule has 0 saturated heterocycles. The Balaban J connectivity index is 2.33. The van der Waals surface area contributed by atoms with Crippen molar-refractivity contribution in [2.24, 2.45) is 5.73 Å². The minimum absolute atomic E-state index is 0.158. The zero-order valence-corrected chi connectivity index (χ0v) is 10.0. The first-order valence-electron chi connectivity index (χ1n) is 6.25. The smallest absolute Gasteiger partial charge is 0.123 e. The number of hydrogen-bond acceptors (Lipinski definition) is 2. The van der Waals surface area contributed by atoms with Gasteiger partial charge in [-0.2, -0.15) is 0 Å². The molecule has 2 N–H and O–H groups in total. The van der Waals surface area contributed by atoms with Gasteiger partial charge < -0.3 is 10.5 Å². The summed E-state index contributed by atoms with van der Waals surface area (Å²) in [7, 11) is 0. The lowest BCUT2D eigenvalue weighted by molar-refractivity contribution is 0.206. The van der Waals surface area contributed by atoms with Gasteiger partial charge in [-0.15, -0.1) is 0 Å². The normalized spacial score (nSPS) is 23.6. The Morgan fingerprint density at radius 1 is 1.38 bits per heavy atom. The van der Waals surface area contributed by atoms with Gasteiger partial charge in [0.1, 0.15) is 5.75 Å². The summed E-state index contributed by atoms with van der Waals surface area (Å²) < 4.78 is 5.70. The lowest BCUT2D eigenvalue weighted by Gasteiger charge is -2.38. The van der Waals surface area contributed by atoms with Crippen LogP contribution in [0.3, 0.4) is 0 Å². The molecule has 1 heterocycles. The van der Waals surface area contributed by atoms with Crippen molar-refractivity contribution in [3.8, 4) is 5.75 Å². The van der Waals surface area contributed by atoms with Crippen LogP contribution in [0, 0.1) is 0 Å². The molecule has 2 rings (SSSR count). The predicted octanol–water partition coefficient (Wildman–Crippen LogP) is 2.86. The van der Waals surface area contributed by atoms with Gasteiger partial charge in [0.15, 0.2) is 0 Å². The summed E-state index contributed by atoms with van der Waals surface area (Å²) in [6.07, 6.45) is 4.71. The van der Waals surface area contributed by atoms with E-state index in [1.54, 1.807) is 0 Å². The Bertz CT molecular complexity index is 350. The van der Waals surface area contributed by atoms with Crippen LogP contribution in [0.25, 0.3) is 0 Å². The van der Waals surface area contributed by atoms with Crippen LogP contribution in [-0.2, 0) is 5.41 Å². The second-order valence-corrected chi connectivity index (χ2v) is 4.68. The van der Waals surface area contributed by atoms with Crippen molar-refractivity contribution >= 4 is 0 Å². The quantitative estimate of drug-likeness (QED) is 0.845. The molecule has 0 fully saturated rings. The zero-order valence-electron chi connectivity index (χ0n) is 10.0. The van der Waals surface area contributed by atoms with Gasteiger partial charge in [0.2, 0.25) is 0 Å². The first kappa shape index (κ1) is 11.5. The van der Waals surface area contributed by atoms with Crippen LogP contribution in [-0.4, -0.2) is 13.2 Å². The molecule has 0 saturated carbocycles. The maximum absolute atomic E-state index is 6.04. The topological polar surface area (TPSA) is 35.2 Å². The number of para-hydroxylation sites is 1. The van der Waals surface area contributed by atoms with E-state index >= 15 is 0 Å². The van der Waals surface area contributed by atoms with Gasteiger partial charge in [-0.3, -0.25) is 0 Å². The first-order chi connectivity index (χ1) is 7.82. The van der Waals surface area contributed by atoms with Crippen LogP contribution in [0.4, 0.5) is 0 Å². The van der Waals surface area contributed by atoms with Crippen LogP contribution in [0.2, 0.25) is 0 Å². The van der Waals surface area contributed by atoms with Crippen molar-refractivity contribution in [3.63, 3.8) is 0 Å². The van der Waals surface area contributed by atoms with Crippen LogP contribution in [0.1, 0.15) is 38.2 Å². The van der Waals surface area contributed by atoms with Crippen molar-refractivity contribution in [2.75, 3.05) is 13.2 Å². The van der Waals surface area contributed by atoms with Gasteiger partial charge in [-0.25, -0.2) is 0 Å². The number of nitrogens with two attached hydrogens (primary N) is 1. The molecule has 2 nitrogen and oxygen atoms in total. The summed E-state index contributed by atoms with van der Waals surface area (Å²) in [5.74, 6) is 1.04. The summed E-state index contributed by atoms with van der Waals surface area (Å²) in [6, 6.07) is 8.36. The average molecular weight is 219 g/mol. The van der Waals surface area contributed by atoms with Gasteiger partial charge in [-0.05, 0) is 18.9 Å². The molecular weight excluding hydrogens is 198 g/mol. The van der Waals surface area contributed by atoms with Crippen LogP contribution in [0.5, 0.6) is 5.75 Å². The number of rotatable bonds is 4. The van der Waals surface area contributed by atoms with E-state index in [9.17, 15) is 0 Å². The molecule has 0 radical (unpaired) electrons. The maximum Gasteiger partial charge on any atom is 0.123 e. The minimum atomic E-state index is 0.158. The highest BCUT2D eigenvalue weighted by Crippen LogP contribution is 2.41. The van der Waals surface area contributed by atoms with Gasteiger partial charge >= 0.3 is 0 Å². The van der Waals surface area contributed by atoms with Gasteiger partial charge in [0, 0.05) is 17.5 Å². The van der Waals surface area contributed by atoms with Gasteiger partial charge in [-0.1, -0.05) is 38.0 Å². The van der Waals surface area contributed by atoms with Crippen LogP contribution in [0.15, 0.2) is 24.3 Å². The van der Waals surface area contributed by atoms with Crippen molar-refractivity contribution < 1.29 is 4.74 Å². The fourth-order valence-corrected chi connectivity index (χ4v) is 2.61. The molecular formula is C14H21NO. The van der Waals surface area contributed by atoms with Crippen LogP contribution >= 0.6 is 0 Å². The number of fused-ring (bicyclic) bond motifs is 1. The maximum atomic E-state index is 6.04. The molecule has 1 unspecified atom stereocenters. The first-order valence-corrected chi connectivity index (χ1v) is 6.25. The molecule has 2 heteroatoms. The molecule has 88 valence electrons. The van der Waals surface area contributed by atoms with E-state index in [-0.39, 0.29) is 5.41 Å². The Morgan fingerprint density at radius 2 is 2.19 bits per heavy atom. The van der Waals surface area contributed by atoms with E-state index in [1.165, 1.54) is 24.8 Å². The number of unbranched alkanes of at least 4 members (excludes halogenated alkanes) is 1. The van der Waals surface area contributed by atoms with Crippen molar-refractivity contribution in [3.05, 3.63) is 29.8 Å². The molecule has 0 bridgehead atoms. The van der Waals surface area contributed by atoms with E-state index < -0.39 is 0 Å². The van der Waals surface area contributed by atoms with E-state index in [1.807, 2.05) is 6.07 Å². The second kappa shape index (κ2) is 4.88. The van der Waals surface area contributed by atoms with E-state index in [2.05, 4.69) is 25.1 Å². The highest BCUT2D eigenvalue weighted by molar-refractivity contribution is 5.41. The van der Waals surface area contributed by atoms with Crippen LogP contribution < -0.4 is 10.5 Å². The SMILES string of the molecule is CCCCC1(CN)CCOc2ccccc21. The largest absolute Gasteiger partial charge is 0.493 e. The standard InChI is InChI=1S/C14H21NO/c1-2-3-8-14(11-15)9-10-16-13-7-5-4-6-12(13)14/h4-7H,2-3,8-11,15H2,1H3. The third-order valence-corrected chi connectivity index (χ3v) is 3.70. The second-order valence-electron chi connectivity index (χ2n) is 4.68. The third kappa shape index (κ3) is 1.94. The average Bonchev–Trinajstić information content (AvgIpc) is 2.36. The fraction of sp³-hybridized carbons (Fsp3) is 0.571. The summed E-state index contributed by atoms with van der Waals surface area (Å²) in [6.45, 7) is 3.76. The van der Waals surface area contributed by atoms with Gasteiger partial charge in [0.25, 0.3) is 0 Å². The lowest BCUT2D eigenvalue weighted by atomic mass is 9.72. The molecule has 1 aromatic carbocycles. The number of hydrogen-bond donors (Lipinski definition) is 1. The summed E-state index contributed by atoms with van der Waals surface area (Å²) in [5.41, 5.74) is 7.51. The third-order valence-electron chi connectivity index (χ3n) is 3.70. The highest BCUT2D eigenvalue weighted by Gasteiger charge is 2.35. The molecule has 0 spiro atoms. The van der Waals surface area contributed by atoms with E-state index in [0.717, 1.165) is 25.3 Å². The molecule has 0 aliphatic carbocycles. The molecule has 0 amide bonds.